The molecule has 116 valence electrons. The first kappa shape index (κ1) is 16.8. The summed E-state index contributed by atoms with van der Waals surface area (Å²) in [6.07, 6.45) is 2.26. The van der Waals surface area contributed by atoms with Gasteiger partial charge in [0.2, 0.25) is 5.91 Å². The van der Waals surface area contributed by atoms with E-state index in [1.54, 1.807) is 0 Å². The Morgan fingerprint density at radius 2 is 2.10 bits per heavy atom. The first-order chi connectivity index (χ1) is 9.88. The van der Waals surface area contributed by atoms with Crippen LogP contribution in [0, 0.1) is 5.92 Å². The molecule has 1 unspecified atom stereocenters. The Balaban J connectivity index is 2.39. The molecule has 1 saturated heterocycles. The summed E-state index contributed by atoms with van der Waals surface area (Å²) in [4.78, 5) is 11.7. The number of amides is 1. The first-order valence-electron chi connectivity index (χ1n) is 7.29. The number of nitrogens with one attached hydrogen (secondary N) is 1. The Labute approximate surface area is 143 Å². The van der Waals surface area contributed by atoms with Gasteiger partial charge in [-0.2, -0.15) is 0 Å². The summed E-state index contributed by atoms with van der Waals surface area (Å²) in [5, 5.41) is 3.20. The number of hydrogen-bond acceptors (Lipinski definition) is 2. The lowest BCUT2D eigenvalue weighted by Crippen LogP contribution is -2.48. The lowest BCUT2D eigenvalue weighted by atomic mass is 9.79. The molecule has 0 radical (unpaired) electrons. The zero-order valence-corrected chi connectivity index (χ0v) is 15.8. The third-order valence-electron chi connectivity index (χ3n) is 4.17. The molecule has 1 amide bonds. The average Bonchev–Trinajstić information content (AvgIpc) is 2.76. The summed E-state index contributed by atoms with van der Waals surface area (Å²) in [6, 6.07) is 4.08. The fourth-order valence-electron chi connectivity index (χ4n) is 2.90. The predicted molar refractivity (Wildman–Crippen MR) is 91.7 cm³/mol. The van der Waals surface area contributed by atoms with Gasteiger partial charge in [0.05, 0.1) is 11.1 Å². The number of rotatable bonds is 5. The Bertz CT molecular complexity index is 545. The Kier molecular flexibility index (Phi) is 5.36. The summed E-state index contributed by atoms with van der Waals surface area (Å²) in [7, 11) is 0. The summed E-state index contributed by atoms with van der Waals surface area (Å²) in [5.41, 5.74) is 0.942. The van der Waals surface area contributed by atoms with Crippen LogP contribution >= 0.6 is 31.9 Å². The number of carbonyl (C=O) groups is 1. The maximum absolute atomic E-state index is 11.7. The predicted octanol–water partition coefficient (Wildman–Crippen LogP) is 4.46. The minimum atomic E-state index is -0.177. The monoisotopic (exact) mass is 417 g/mol. The van der Waals surface area contributed by atoms with E-state index in [2.05, 4.69) is 57.1 Å². The van der Waals surface area contributed by atoms with E-state index in [1.807, 2.05) is 13.0 Å². The highest BCUT2D eigenvalue weighted by molar-refractivity contribution is 9.11. The van der Waals surface area contributed by atoms with Crippen molar-refractivity contribution in [1.29, 1.82) is 0 Å². The number of hydrogen-bond donors (Lipinski definition) is 1. The molecular weight excluding hydrogens is 398 g/mol. The molecule has 0 spiro atoms. The van der Waals surface area contributed by atoms with E-state index < -0.39 is 0 Å². The maximum atomic E-state index is 11.7. The first-order valence-corrected chi connectivity index (χ1v) is 8.88. The number of halogens is 2. The Morgan fingerprint density at radius 3 is 2.62 bits per heavy atom. The van der Waals surface area contributed by atoms with Crippen molar-refractivity contribution in [3.63, 3.8) is 0 Å². The van der Waals surface area contributed by atoms with Crippen molar-refractivity contribution in [2.75, 3.05) is 6.61 Å². The van der Waals surface area contributed by atoms with Gasteiger partial charge in [-0.3, -0.25) is 4.79 Å². The molecular formula is C16H21Br2NO2. The summed E-state index contributed by atoms with van der Waals surface area (Å²) < 4.78 is 7.76. The van der Waals surface area contributed by atoms with Gasteiger partial charge in [-0.25, -0.2) is 0 Å². The molecule has 1 aliphatic rings. The maximum Gasteiger partial charge on any atom is 0.220 e. The van der Waals surface area contributed by atoms with Gasteiger partial charge in [-0.1, -0.05) is 29.8 Å². The summed E-state index contributed by atoms with van der Waals surface area (Å²) in [6.45, 7) is 6.93. The van der Waals surface area contributed by atoms with Crippen molar-refractivity contribution < 1.29 is 9.53 Å². The molecule has 0 bridgehead atoms. The second kappa shape index (κ2) is 6.69. The van der Waals surface area contributed by atoms with Crippen molar-refractivity contribution in [3.8, 4) is 5.75 Å². The van der Waals surface area contributed by atoms with Crippen LogP contribution in [0.4, 0.5) is 0 Å². The second-order valence-electron chi connectivity index (χ2n) is 5.84. The highest BCUT2D eigenvalue weighted by Crippen LogP contribution is 2.39. The summed E-state index contributed by atoms with van der Waals surface area (Å²) >= 11 is 7.11. The molecule has 1 N–H and O–H groups in total. The third kappa shape index (κ3) is 3.62. The zero-order chi connectivity index (χ0) is 15.6. The van der Waals surface area contributed by atoms with Gasteiger partial charge in [-0.05, 0) is 59.3 Å². The van der Waals surface area contributed by atoms with E-state index in [0.717, 1.165) is 33.1 Å². The van der Waals surface area contributed by atoms with Gasteiger partial charge >= 0.3 is 0 Å². The van der Waals surface area contributed by atoms with Crippen molar-refractivity contribution in [3.05, 3.63) is 26.6 Å². The standard InChI is InChI=1S/C16H21Br2NO2/c1-4-21-15-11(7-12(17)8-13(15)18)9-16(10(2)3)6-5-14(20)19-16/h7-8,10H,4-6,9H2,1-3H3,(H,19,20). The lowest BCUT2D eigenvalue weighted by molar-refractivity contribution is -0.120. The van der Waals surface area contributed by atoms with Crippen LogP contribution in [0.1, 0.15) is 39.2 Å². The minimum absolute atomic E-state index is 0.149. The van der Waals surface area contributed by atoms with Crippen molar-refractivity contribution >= 4 is 37.8 Å². The van der Waals surface area contributed by atoms with Crippen LogP contribution in [-0.4, -0.2) is 18.1 Å². The number of carbonyl (C=O) groups excluding carboxylic acids is 1. The molecule has 0 aliphatic carbocycles. The van der Waals surface area contributed by atoms with Gasteiger partial charge in [-0.15, -0.1) is 0 Å². The van der Waals surface area contributed by atoms with Crippen molar-refractivity contribution in [2.24, 2.45) is 5.92 Å². The molecule has 1 heterocycles. The van der Waals surface area contributed by atoms with E-state index in [9.17, 15) is 4.79 Å². The molecule has 1 aromatic carbocycles. The quantitative estimate of drug-likeness (QED) is 0.766. The molecule has 3 nitrogen and oxygen atoms in total. The Hall–Kier alpha value is -0.550. The van der Waals surface area contributed by atoms with Crippen LogP contribution in [0.25, 0.3) is 0 Å². The fourth-order valence-corrected chi connectivity index (χ4v) is 4.33. The van der Waals surface area contributed by atoms with Crippen LogP contribution in [-0.2, 0) is 11.2 Å². The molecule has 2 rings (SSSR count). The molecule has 1 aromatic rings. The van der Waals surface area contributed by atoms with Gasteiger partial charge in [0, 0.05) is 16.4 Å². The van der Waals surface area contributed by atoms with E-state index in [1.165, 1.54) is 0 Å². The van der Waals surface area contributed by atoms with Crippen LogP contribution < -0.4 is 10.1 Å². The average molecular weight is 419 g/mol. The number of benzene rings is 1. The van der Waals surface area contributed by atoms with E-state index >= 15 is 0 Å². The van der Waals surface area contributed by atoms with Gasteiger partial charge in [0.15, 0.2) is 0 Å². The van der Waals surface area contributed by atoms with Crippen LogP contribution in [0.2, 0.25) is 0 Å². The normalized spacial score (nSPS) is 21.7. The topological polar surface area (TPSA) is 38.3 Å². The van der Waals surface area contributed by atoms with Crippen molar-refractivity contribution in [1.82, 2.24) is 5.32 Å². The molecule has 1 atom stereocenters. The molecule has 5 heteroatoms. The van der Waals surface area contributed by atoms with Crippen LogP contribution in [0.15, 0.2) is 21.1 Å². The molecule has 21 heavy (non-hydrogen) atoms. The Morgan fingerprint density at radius 1 is 1.38 bits per heavy atom. The summed E-state index contributed by atoms with van der Waals surface area (Å²) in [5.74, 6) is 1.40. The molecule has 0 saturated carbocycles. The van der Waals surface area contributed by atoms with E-state index in [-0.39, 0.29) is 11.4 Å². The third-order valence-corrected chi connectivity index (χ3v) is 5.22. The lowest BCUT2D eigenvalue weighted by Gasteiger charge is -2.34. The molecule has 1 aliphatic heterocycles. The minimum Gasteiger partial charge on any atom is -0.492 e. The van der Waals surface area contributed by atoms with Crippen LogP contribution in [0.5, 0.6) is 5.75 Å². The van der Waals surface area contributed by atoms with E-state index in [4.69, 9.17) is 4.74 Å². The van der Waals surface area contributed by atoms with E-state index in [0.29, 0.717) is 18.9 Å². The van der Waals surface area contributed by atoms with Gasteiger partial charge < -0.3 is 10.1 Å². The van der Waals surface area contributed by atoms with Crippen LogP contribution in [0.3, 0.4) is 0 Å². The highest BCUT2D eigenvalue weighted by atomic mass is 79.9. The van der Waals surface area contributed by atoms with Gasteiger partial charge in [0.1, 0.15) is 5.75 Å². The van der Waals surface area contributed by atoms with Crippen molar-refractivity contribution in [2.45, 2.75) is 45.6 Å². The zero-order valence-electron chi connectivity index (χ0n) is 12.6. The fraction of sp³-hybridized carbons (Fsp3) is 0.562. The number of ether oxygens (including phenoxy) is 1. The SMILES string of the molecule is CCOc1c(Br)cc(Br)cc1CC1(C(C)C)CCC(=O)N1. The largest absolute Gasteiger partial charge is 0.492 e. The van der Waals surface area contributed by atoms with Gasteiger partial charge in [0.25, 0.3) is 0 Å². The molecule has 0 aromatic heterocycles. The smallest absolute Gasteiger partial charge is 0.220 e. The molecule has 1 fully saturated rings. The second-order valence-corrected chi connectivity index (χ2v) is 7.61. The highest BCUT2D eigenvalue weighted by Gasteiger charge is 2.41.